The van der Waals surface area contributed by atoms with Gasteiger partial charge in [-0.25, -0.2) is 9.98 Å². The summed E-state index contributed by atoms with van der Waals surface area (Å²) in [5.41, 5.74) is 12.9. The van der Waals surface area contributed by atoms with Gasteiger partial charge in [0.2, 0.25) is 5.13 Å². The molecular formula is C24H26N4S2. The Labute approximate surface area is 186 Å². The molecule has 1 aliphatic carbocycles. The minimum Gasteiger partial charge on any atom is -0.402 e. The predicted molar refractivity (Wildman–Crippen MR) is 128 cm³/mol. The largest absolute Gasteiger partial charge is 0.402 e. The van der Waals surface area contributed by atoms with Gasteiger partial charge in [-0.1, -0.05) is 42.5 Å². The zero-order valence-corrected chi connectivity index (χ0v) is 18.7. The van der Waals surface area contributed by atoms with Crippen molar-refractivity contribution in [3.8, 4) is 0 Å². The zero-order chi connectivity index (χ0) is 20.9. The first-order valence-electron chi connectivity index (χ1n) is 10.1. The summed E-state index contributed by atoms with van der Waals surface area (Å²) in [4.78, 5) is 10.6. The van der Waals surface area contributed by atoms with E-state index in [-0.39, 0.29) is 0 Å². The normalized spacial score (nSPS) is 15.2. The molecule has 0 atom stereocenters. The number of nitrogens with zero attached hydrogens (tertiary/aromatic N) is 2. The first kappa shape index (κ1) is 20.8. The molecule has 1 aromatic heterocycles. The van der Waals surface area contributed by atoms with Gasteiger partial charge >= 0.3 is 0 Å². The van der Waals surface area contributed by atoms with Gasteiger partial charge in [-0.2, -0.15) is 0 Å². The van der Waals surface area contributed by atoms with Crippen LogP contribution in [0.1, 0.15) is 36.1 Å². The number of aromatic nitrogens is 1. The fraction of sp³-hybridized carbons (Fsp3) is 0.250. The number of aliphatic imine (C=N–C) groups is 1. The summed E-state index contributed by atoms with van der Waals surface area (Å²) in [6, 6.07) is 18.6. The van der Waals surface area contributed by atoms with Gasteiger partial charge in [0.05, 0.1) is 11.4 Å². The summed E-state index contributed by atoms with van der Waals surface area (Å²) < 4.78 is 0. The Balaban J connectivity index is 1.78. The fourth-order valence-corrected chi connectivity index (χ4v) is 4.35. The fourth-order valence-electron chi connectivity index (χ4n) is 3.39. The molecule has 0 saturated heterocycles. The average Bonchev–Trinajstić information content (AvgIpc) is 3.49. The van der Waals surface area contributed by atoms with Crippen LogP contribution in [0.5, 0.6) is 0 Å². The van der Waals surface area contributed by atoms with Gasteiger partial charge in [-0.05, 0) is 61.7 Å². The molecule has 4 nitrogen and oxygen atoms in total. The second-order valence-electron chi connectivity index (χ2n) is 7.69. The molecule has 4 rings (SSSR count). The summed E-state index contributed by atoms with van der Waals surface area (Å²) in [7, 11) is 0. The third-order valence-corrected chi connectivity index (χ3v) is 6.58. The van der Waals surface area contributed by atoms with Crippen molar-refractivity contribution >= 4 is 34.1 Å². The topological polar surface area (TPSA) is 77.3 Å². The number of aryl methyl sites for hydroxylation is 1. The summed E-state index contributed by atoms with van der Waals surface area (Å²) in [5, 5.41) is 8.48. The van der Waals surface area contributed by atoms with E-state index in [0.29, 0.717) is 5.92 Å². The number of thiazole rings is 1. The maximum atomic E-state index is 6.72. The predicted octanol–water partition coefficient (Wildman–Crippen LogP) is 5.79. The van der Waals surface area contributed by atoms with E-state index in [1.54, 1.807) is 11.3 Å². The van der Waals surface area contributed by atoms with E-state index in [2.05, 4.69) is 41.4 Å². The summed E-state index contributed by atoms with van der Waals surface area (Å²) in [6.07, 6.45) is 4.18. The van der Waals surface area contributed by atoms with E-state index in [4.69, 9.17) is 15.9 Å². The maximum absolute atomic E-state index is 6.72. The Hall–Kier alpha value is -2.41. The molecule has 1 fully saturated rings. The Morgan fingerprint density at radius 1 is 1.13 bits per heavy atom. The van der Waals surface area contributed by atoms with Crippen LogP contribution in [0.15, 0.2) is 81.1 Å². The van der Waals surface area contributed by atoms with Gasteiger partial charge in [0.15, 0.2) is 0 Å². The third-order valence-electron chi connectivity index (χ3n) is 5.18. The van der Waals surface area contributed by atoms with Crippen molar-refractivity contribution in [2.75, 3.05) is 0 Å². The Morgan fingerprint density at radius 2 is 1.87 bits per heavy atom. The second-order valence-corrected chi connectivity index (χ2v) is 9.23. The number of allylic oxidation sites excluding steroid dienone is 2. The summed E-state index contributed by atoms with van der Waals surface area (Å²) in [5.74, 6) is 0.704. The number of nitrogens with two attached hydrogens (primary N) is 2. The number of benzene rings is 2. The lowest BCUT2D eigenvalue weighted by Gasteiger charge is -2.16. The van der Waals surface area contributed by atoms with Gasteiger partial charge in [0.25, 0.3) is 0 Å². The molecule has 0 bridgehead atoms. The first-order chi connectivity index (χ1) is 14.6. The minimum atomic E-state index is 0.704. The molecule has 4 N–H and O–H groups in total. The van der Waals surface area contributed by atoms with Gasteiger partial charge in [0, 0.05) is 33.5 Å². The van der Waals surface area contributed by atoms with Crippen LogP contribution in [0.2, 0.25) is 0 Å². The lowest BCUT2D eigenvalue weighted by molar-refractivity contribution is 0.801. The molecule has 0 radical (unpaired) electrons. The van der Waals surface area contributed by atoms with Crippen molar-refractivity contribution in [2.45, 2.75) is 37.5 Å². The molecule has 2 aromatic carbocycles. The second kappa shape index (κ2) is 9.60. The maximum Gasteiger partial charge on any atom is 0.209 e. The molecular weight excluding hydrogens is 408 g/mol. The van der Waals surface area contributed by atoms with Gasteiger partial charge in [0.1, 0.15) is 0 Å². The molecule has 154 valence electrons. The molecule has 0 amide bonds. The van der Waals surface area contributed by atoms with Crippen LogP contribution >= 0.6 is 23.3 Å². The Kier molecular flexibility index (Phi) is 6.67. The monoisotopic (exact) mass is 434 g/mol. The molecule has 0 spiro atoms. The standard InChI is InChI=1S/C24H26N4S2/c1-16-15-29-24(27-16)28-23(19-5-3-2-4-6-19)21(22(25)14-18-7-8-18)13-17-9-11-20(30-26)12-10-17/h2-6,9-12,15,18H,7-8,13-14,25-26H2,1H3. The molecule has 0 unspecified atom stereocenters. The van der Waals surface area contributed by atoms with Gasteiger partial charge < -0.3 is 5.73 Å². The molecule has 30 heavy (non-hydrogen) atoms. The lowest BCUT2D eigenvalue weighted by atomic mass is 9.93. The average molecular weight is 435 g/mol. The van der Waals surface area contributed by atoms with Crippen LogP contribution < -0.4 is 10.9 Å². The van der Waals surface area contributed by atoms with E-state index in [1.165, 1.54) is 30.4 Å². The van der Waals surface area contributed by atoms with Crippen molar-refractivity contribution < 1.29 is 0 Å². The van der Waals surface area contributed by atoms with E-state index >= 15 is 0 Å². The van der Waals surface area contributed by atoms with Crippen molar-refractivity contribution in [3.05, 3.63) is 88.1 Å². The Morgan fingerprint density at radius 3 is 2.47 bits per heavy atom. The van der Waals surface area contributed by atoms with Crippen LogP contribution in [-0.2, 0) is 6.42 Å². The van der Waals surface area contributed by atoms with Crippen LogP contribution in [0.4, 0.5) is 5.13 Å². The minimum absolute atomic E-state index is 0.704. The summed E-state index contributed by atoms with van der Waals surface area (Å²) >= 11 is 2.82. The highest BCUT2D eigenvalue weighted by Gasteiger charge is 2.24. The third kappa shape index (κ3) is 5.39. The van der Waals surface area contributed by atoms with Crippen LogP contribution in [0.25, 0.3) is 0 Å². The molecule has 3 aromatic rings. The molecule has 1 aliphatic rings. The van der Waals surface area contributed by atoms with Crippen molar-refractivity contribution in [1.29, 1.82) is 0 Å². The molecule has 6 heteroatoms. The van der Waals surface area contributed by atoms with Crippen molar-refractivity contribution in [3.63, 3.8) is 0 Å². The number of hydrogen-bond acceptors (Lipinski definition) is 6. The van der Waals surface area contributed by atoms with Crippen molar-refractivity contribution in [1.82, 2.24) is 4.98 Å². The Bertz CT molecular complexity index is 1050. The van der Waals surface area contributed by atoms with Crippen LogP contribution in [0.3, 0.4) is 0 Å². The van der Waals surface area contributed by atoms with E-state index in [0.717, 1.165) is 51.1 Å². The highest BCUT2D eigenvalue weighted by molar-refractivity contribution is 7.97. The molecule has 0 aliphatic heterocycles. The SMILES string of the molecule is Cc1csc(N=C(C(Cc2ccc(SN)cc2)=C(N)CC2CC2)c2ccccc2)n1. The van der Waals surface area contributed by atoms with Crippen LogP contribution in [-0.4, -0.2) is 10.7 Å². The highest BCUT2D eigenvalue weighted by Crippen LogP contribution is 2.36. The van der Waals surface area contributed by atoms with E-state index in [1.807, 2.05) is 30.5 Å². The van der Waals surface area contributed by atoms with Crippen LogP contribution in [0, 0.1) is 12.8 Å². The first-order valence-corrected chi connectivity index (χ1v) is 11.9. The quantitative estimate of drug-likeness (QED) is 0.347. The molecule has 1 heterocycles. The lowest BCUT2D eigenvalue weighted by Crippen LogP contribution is -2.15. The smallest absolute Gasteiger partial charge is 0.209 e. The number of hydrogen-bond donors (Lipinski definition) is 2. The number of rotatable bonds is 8. The van der Waals surface area contributed by atoms with E-state index in [9.17, 15) is 0 Å². The van der Waals surface area contributed by atoms with Gasteiger partial charge in [-0.15, -0.1) is 11.3 Å². The van der Waals surface area contributed by atoms with Crippen molar-refractivity contribution in [2.24, 2.45) is 21.8 Å². The summed E-state index contributed by atoms with van der Waals surface area (Å²) in [6.45, 7) is 1.99. The van der Waals surface area contributed by atoms with E-state index < -0.39 is 0 Å². The zero-order valence-electron chi connectivity index (χ0n) is 17.0. The highest BCUT2D eigenvalue weighted by atomic mass is 32.2. The van der Waals surface area contributed by atoms with Gasteiger partial charge in [-0.3, -0.25) is 5.14 Å². The molecule has 1 saturated carbocycles.